The summed E-state index contributed by atoms with van der Waals surface area (Å²) >= 11 is 0. The number of nitrogens with zero attached hydrogens (tertiary/aromatic N) is 2. The molecule has 19 heavy (non-hydrogen) atoms. The Morgan fingerprint density at radius 3 is 2.84 bits per heavy atom. The molecular formula is C10H13N3O6. The number of methoxy groups -OCH3 is 1. The Balaban J connectivity index is 2.69. The first-order valence-electron chi connectivity index (χ1n) is 5.25. The number of aromatic nitrogens is 2. The summed E-state index contributed by atoms with van der Waals surface area (Å²) in [5.74, 6) is -1.97. The van der Waals surface area contributed by atoms with Crippen molar-refractivity contribution in [1.29, 1.82) is 0 Å². The SMILES string of the molecule is COCCn1nc(C(=O)NOCC(=O)O)ccc1=O. The molecule has 0 aromatic carbocycles. The van der Waals surface area contributed by atoms with Gasteiger partial charge in [-0.1, -0.05) is 0 Å². The van der Waals surface area contributed by atoms with Crippen LogP contribution in [0.2, 0.25) is 0 Å². The van der Waals surface area contributed by atoms with Crippen molar-refractivity contribution in [1.82, 2.24) is 15.3 Å². The van der Waals surface area contributed by atoms with Crippen molar-refractivity contribution in [3.8, 4) is 0 Å². The van der Waals surface area contributed by atoms with Crippen LogP contribution in [0.5, 0.6) is 0 Å². The van der Waals surface area contributed by atoms with E-state index in [0.29, 0.717) is 0 Å². The Kier molecular flexibility index (Phi) is 5.64. The minimum atomic E-state index is -1.22. The van der Waals surface area contributed by atoms with Crippen molar-refractivity contribution in [2.45, 2.75) is 6.54 Å². The number of nitrogens with one attached hydrogen (secondary N) is 1. The molecule has 104 valence electrons. The number of carbonyl (C=O) groups is 2. The highest BCUT2D eigenvalue weighted by Gasteiger charge is 2.10. The zero-order valence-corrected chi connectivity index (χ0v) is 10.2. The fraction of sp³-hybridized carbons (Fsp3) is 0.400. The summed E-state index contributed by atoms with van der Waals surface area (Å²) in [6.45, 7) is -0.199. The van der Waals surface area contributed by atoms with Gasteiger partial charge in [-0.3, -0.25) is 14.4 Å². The van der Waals surface area contributed by atoms with Gasteiger partial charge in [-0.25, -0.2) is 15.0 Å². The number of carboxylic acids is 1. The van der Waals surface area contributed by atoms with Gasteiger partial charge in [-0.2, -0.15) is 5.10 Å². The van der Waals surface area contributed by atoms with Crippen LogP contribution in [0.15, 0.2) is 16.9 Å². The lowest BCUT2D eigenvalue weighted by molar-refractivity contribution is -0.144. The number of carboxylic acid groups (broad SMARTS) is 1. The first kappa shape index (κ1) is 14.8. The summed E-state index contributed by atoms with van der Waals surface area (Å²) < 4.78 is 5.87. The number of rotatable bonds is 7. The molecular weight excluding hydrogens is 258 g/mol. The van der Waals surface area contributed by atoms with E-state index in [4.69, 9.17) is 9.84 Å². The average molecular weight is 271 g/mol. The Bertz CT molecular complexity index is 512. The molecule has 0 bridgehead atoms. The standard InChI is InChI=1S/C10H13N3O6/c1-18-5-4-13-8(14)3-2-7(11-13)10(17)12-19-6-9(15)16/h2-3H,4-6H2,1H3,(H,12,17)(H,15,16). The van der Waals surface area contributed by atoms with E-state index in [-0.39, 0.29) is 24.4 Å². The van der Waals surface area contributed by atoms with Gasteiger partial charge < -0.3 is 9.84 Å². The van der Waals surface area contributed by atoms with Gasteiger partial charge in [0.2, 0.25) is 0 Å². The molecule has 0 saturated heterocycles. The quantitative estimate of drug-likeness (QED) is 0.587. The summed E-state index contributed by atoms with van der Waals surface area (Å²) in [6.07, 6.45) is 0. The molecule has 1 aromatic rings. The maximum Gasteiger partial charge on any atom is 0.332 e. The topological polar surface area (TPSA) is 120 Å². The molecule has 0 aliphatic heterocycles. The highest BCUT2D eigenvalue weighted by molar-refractivity contribution is 5.91. The van der Waals surface area contributed by atoms with E-state index in [1.165, 1.54) is 19.2 Å². The van der Waals surface area contributed by atoms with Crippen LogP contribution in [0.25, 0.3) is 0 Å². The molecule has 0 atom stereocenters. The van der Waals surface area contributed by atoms with Crippen LogP contribution in [-0.2, 0) is 20.9 Å². The lowest BCUT2D eigenvalue weighted by Crippen LogP contribution is -2.31. The van der Waals surface area contributed by atoms with Gasteiger partial charge >= 0.3 is 5.97 Å². The lowest BCUT2D eigenvalue weighted by atomic mass is 10.4. The van der Waals surface area contributed by atoms with Gasteiger partial charge in [0.25, 0.3) is 11.5 Å². The summed E-state index contributed by atoms with van der Waals surface area (Å²) in [6, 6.07) is 2.39. The minimum Gasteiger partial charge on any atom is -0.479 e. The largest absolute Gasteiger partial charge is 0.479 e. The lowest BCUT2D eigenvalue weighted by Gasteiger charge is -2.06. The van der Waals surface area contributed by atoms with Crippen LogP contribution in [0, 0.1) is 0 Å². The van der Waals surface area contributed by atoms with Crippen molar-refractivity contribution < 1.29 is 24.3 Å². The van der Waals surface area contributed by atoms with Gasteiger partial charge in [0.05, 0.1) is 13.2 Å². The summed E-state index contributed by atoms with van der Waals surface area (Å²) in [5.41, 5.74) is 1.46. The van der Waals surface area contributed by atoms with E-state index in [1.807, 2.05) is 5.48 Å². The number of carbonyl (C=O) groups excluding carboxylic acids is 1. The van der Waals surface area contributed by atoms with Crippen LogP contribution in [0.3, 0.4) is 0 Å². The maximum absolute atomic E-state index is 11.5. The third-order valence-corrected chi connectivity index (χ3v) is 1.97. The van der Waals surface area contributed by atoms with Gasteiger partial charge in [-0.15, -0.1) is 0 Å². The second-order valence-corrected chi connectivity index (χ2v) is 3.39. The molecule has 1 amide bonds. The Labute approximate surface area is 107 Å². The number of hydroxylamine groups is 1. The number of amides is 1. The zero-order valence-electron chi connectivity index (χ0n) is 10.2. The number of hydrogen-bond donors (Lipinski definition) is 2. The molecule has 2 N–H and O–H groups in total. The second kappa shape index (κ2) is 7.24. The number of aliphatic carboxylic acids is 1. The minimum absolute atomic E-state index is 0.0684. The predicted octanol–water partition coefficient (Wildman–Crippen LogP) is -1.36. The van der Waals surface area contributed by atoms with E-state index >= 15 is 0 Å². The van der Waals surface area contributed by atoms with Crippen molar-refractivity contribution in [2.24, 2.45) is 0 Å². The van der Waals surface area contributed by atoms with E-state index < -0.39 is 18.5 Å². The molecule has 0 unspecified atom stereocenters. The zero-order chi connectivity index (χ0) is 14.3. The van der Waals surface area contributed by atoms with Crippen LogP contribution >= 0.6 is 0 Å². The van der Waals surface area contributed by atoms with Gasteiger partial charge in [0.15, 0.2) is 12.3 Å². The van der Waals surface area contributed by atoms with E-state index in [1.54, 1.807) is 0 Å². The third-order valence-electron chi connectivity index (χ3n) is 1.97. The molecule has 0 spiro atoms. The van der Waals surface area contributed by atoms with Crippen LogP contribution < -0.4 is 11.0 Å². The highest BCUT2D eigenvalue weighted by atomic mass is 16.7. The van der Waals surface area contributed by atoms with Crippen LogP contribution in [-0.4, -0.2) is 47.1 Å². The molecule has 9 heteroatoms. The van der Waals surface area contributed by atoms with Crippen molar-refractivity contribution in [3.63, 3.8) is 0 Å². The van der Waals surface area contributed by atoms with Gasteiger partial charge in [0, 0.05) is 13.2 Å². The van der Waals surface area contributed by atoms with Gasteiger partial charge in [-0.05, 0) is 6.07 Å². The van der Waals surface area contributed by atoms with Gasteiger partial charge in [0.1, 0.15) is 0 Å². The van der Waals surface area contributed by atoms with Crippen LogP contribution in [0.4, 0.5) is 0 Å². The number of hydrogen-bond acceptors (Lipinski definition) is 6. The second-order valence-electron chi connectivity index (χ2n) is 3.39. The average Bonchev–Trinajstić information content (AvgIpc) is 2.37. The molecule has 0 fully saturated rings. The molecule has 0 saturated carbocycles. The molecule has 0 aliphatic carbocycles. The number of ether oxygens (including phenoxy) is 1. The molecule has 9 nitrogen and oxygen atoms in total. The molecule has 1 aromatic heterocycles. The fourth-order valence-corrected chi connectivity index (χ4v) is 1.12. The fourth-order valence-electron chi connectivity index (χ4n) is 1.12. The summed E-state index contributed by atoms with van der Waals surface area (Å²) in [5, 5.41) is 12.1. The van der Waals surface area contributed by atoms with E-state index in [0.717, 1.165) is 4.68 Å². The molecule has 1 heterocycles. The predicted molar refractivity (Wildman–Crippen MR) is 61.4 cm³/mol. The smallest absolute Gasteiger partial charge is 0.332 e. The Hall–Kier alpha value is -2.26. The summed E-state index contributed by atoms with van der Waals surface area (Å²) in [7, 11) is 1.47. The molecule has 0 aliphatic rings. The monoisotopic (exact) mass is 271 g/mol. The van der Waals surface area contributed by atoms with E-state index in [9.17, 15) is 14.4 Å². The Morgan fingerprint density at radius 1 is 1.47 bits per heavy atom. The summed E-state index contributed by atoms with van der Waals surface area (Å²) in [4.78, 5) is 37.5. The van der Waals surface area contributed by atoms with Crippen LogP contribution in [0.1, 0.15) is 10.5 Å². The van der Waals surface area contributed by atoms with E-state index in [2.05, 4.69) is 9.94 Å². The Morgan fingerprint density at radius 2 is 2.21 bits per heavy atom. The first-order chi connectivity index (χ1) is 9.04. The van der Waals surface area contributed by atoms with Crippen molar-refractivity contribution in [2.75, 3.05) is 20.3 Å². The van der Waals surface area contributed by atoms with Crippen molar-refractivity contribution >= 4 is 11.9 Å². The maximum atomic E-state index is 11.5. The normalized spacial score (nSPS) is 10.2. The first-order valence-corrected chi connectivity index (χ1v) is 5.25. The molecule has 0 radical (unpaired) electrons. The third kappa shape index (κ3) is 4.85. The highest BCUT2D eigenvalue weighted by Crippen LogP contribution is 1.91. The van der Waals surface area contributed by atoms with Crippen molar-refractivity contribution in [3.05, 3.63) is 28.2 Å². The molecule has 1 rings (SSSR count).